The Hall–Kier alpha value is -1.62. The summed E-state index contributed by atoms with van der Waals surface area (Å²) in [6.45, 7) is 3.39. The maximum absolute atomic E-state index is 12.3. The molecule has 20 heavy (non-hydrogen) atoms. The minimum atomic E-state index is -0.138. The Bertz CT molecular complexity index is 522. The summed E-state index contributed by atoms with van der Waals surface area (Å²) in [4.78, 5) is 14.6. The first-order valence-electron chi connectivity index (χ1n) is 6.77. The SMILES string of the molecule is CC1(C(N)=S)CCN(C(=O)Cc2ccccc2O)CC1. The lowest BCUT2D eigenvalue weighted by Gasteiger charge is -2.38. The van der Waals surface area contributed by atoms with Gasteiger partial charge in [0.05, 0.1) is 11.4 Å². The molecule has 0 radical (unpaired) electrons. The standard InChI is InChI=1S/C15H20N2O2S/c1-15(14(16)20)6-8-17(9-7-15)13(19)10-11-4-2-3-5-12(11)18/h2-5,18H,6-10H2,1H3,(H2,16,20). The van der Waals surface area contributed by atoms with Crippen LogP contribution < -0.4 is 5.73 Å². The highest BCUT2D eigenvalue weighted by atomic mass is 32.1. The third-order valence-electron chi connectivity index (χ3n) is 4.15. The van der Waals surface area contributed by atoms with Crippen LogP contribution in [0, 0.1) is 5.41 Å². The van der Waals surface area contributed by atoms with Crippen LogP contribution >= 0.6 is 12.2 Å². The Kier molecular flexibility index (Phi) is 4.28. The van der Waals surface area contributed by atoms with Gasteiger partial charge in [-0.25, -0.2) is 0 Å². The summed E-state index contributed by atoms with van der Waals surface area (Å²) in [7, 11) is 0. The number of likely N-dealkylation sites (tertiary alicyclic amines) is 1. The molecule has 0 unspecified atom stereocenters. The van der Waals surface area contributed by atoms with Crippen molar-refractivity contribution in [3.63, 3.8) is 0 Å². The van der Waals surface area contributed by atoms with Gasteiger partial charge >= 0.3 is 0 Å². The van der Waals surface area contributed by atoms with Gasteiger partial charge in [-0.15, -0.1) is 0 Å². The number of carbonyl (C=O) groups excluding carboxylic acids is 1. The third kappa shape index (κ3) is 3.10. The van der Waals surface area contributed by atoms with Crippen molar-refractivity contribution in [2.24, 2.45) is 11.1 Å². The fraction of sp³-hybridized carbons (Fsp3) is 0.467. The van der Waals surface area contributed by atoms with Crippen molar-refractivity contribution in [3.8, 4) is 5.75 Å². The maximum atomic E-state index is 12.3. The number of hydrogen-bond acceptors (Lipinski definition) is 3. The second-order valence-corrected chi connectivity index (χ2v) is 6.05. The van der Waals surface area contributed by atoms with E-state index in [2.05, 4.69) is 6.92 Å². The second-order valence-electron chi connectivity index (χ2n) is 5.61. The van der Waals surface area contributed by atoms with Crippen LogP contribution in [0.4, 0.5) is 0 Å². The number of piperidine rings is 1. The molecule has 4 nitrogen and oxygen atoms in total. The van der Waals surface area contributed by atoms with E-state index < -0.39 is 0 Å². The molecule has 1 fully saturated rings. The van der Waals surface area contributed by atoms with Gasteiger partial charge in [-0.3, -0.25) is 4.79 Å². The largest absolute Gasteiger partial charge is 0.508 e. The lowest BCUT2D eigenvalue weighted by molar-refractivity contribution is -0.132. The van der Waals surface area contributed by atoms with Crippen molar-refractivity contribution in [2.75, 3.05) is 13.1 Å². The van der Waals surface area contributed by atoms with Crippen LogP contribution in [0.2, 0.25) is 0 Å². The van der Waals surface area contributed by atoms with Gasteiger partial charge in [0, 0.05) is 24.1 Å². The molecule has 3 N–H and O–H groups in total. The van der Waals surface area contributed by atoms with E-state index in [1.165, 1.54) is 0 Å². The van der Waals surface area contributed by atoms with Crippen molar-refractivity contribution in [3.05, 3.63) is 29.8 Å². The minimum absolute atomic E-state index is 0.0384. The Morgan fingerprint density at radius 3 is 2.55 bits per heavy atom. The topological polar surface area (TPSA) is 66.6 Å². The lowest BCUT2D eigenvalue weighted by Crippen LogP contribution is -2.47. The first kappa shape index (κ1) is 14.8. The van der Waals surface area contributed by atoms with Crippen molar-refractivity contribution in [1.82, 2.24) is 4.90 Å². The van der Waals surface area contributed by atoms with E-state index in [-0.39, 0.29) is 23.5 Å². The van der Waals surface area contributed by atoms with Crippen LogP contribution in [0.5, 0.6) is 5.75 Å². The number of thiocarbonyl (C=S) groups is 1. The molecule has 2 rings (SSSR count). The average Bonchev–Trinajstić information content (AvgIpc) is 2.42. The number of amides is 1. The summed E-state index contributed by atoms with van der Waals surface area (Å²) in [6.07, 6.45) is 1.83. The van der Waals surface area contributed by atoms with E-state index >= 15 is 0 Å². The number of phenols is 1. The van der Waals surface area contributed by atoms with E-state index in [1.54, 1.807) is 18.2 Å². The minimum Gasteiger partial charge on any atom is -0.508 e. The molecule has 1 aromatic carbocycles. The molecule has 0 aliphatic carbocycles. The zero-order valence-electron chi connectivity index (χ0n) is 11.6. The molecule has 1 aromatic rings. The van der Waals surface area contributed by atoms with Gasteiger partial charge in [-0.2, -0.15) is 0 Å². The van der Waals surface area contributed by atoms with Crippen molar-refractivity contribution < 1.29 is 9.90 Å². The number of rotatable bonds is 3. The molecule has 1 amide bonds. The van der Waals surface area contributed by atoms with Gasteiger partial charge in [0.25, 0.3) is 0 Å². The zero-order valence-corrected chi connectivity index (χ0v) is 12.4. The van der Waals surface area contributed by atoms with Gasteiger partial charge in [0.2, 0.25) is 5.91 Å². The Labute approximate surface area is 124 Å². The number of carbonyl (C=O) groups is 1. The molecule has 1 heterocycles. The number of hydrogen-bond donors (Lipinski definition) is 2. The van der Waals surface area contributed by atoms with E-state index in [0.29, 0.717) is 23.6 Å². The Balaban J connectivity index is 1.96. The van der Waals surface area contributed by atoms with E-state index in [4.69, 9.17) is 18.0 Å². The highest BCUT2D eigenvalue weighted by Crippen LogP contribution is 2.31. The molecule has 0 spiro atoms. The normalized spacial score (nSPS) is 17.8. The molecule has 0 saturated carbocycles. The quantitative estimate of drug-likeness (QED) is 0.834. The molecule has 0 bridgehead atoms. The van der Waals surface area contributed by atoms with Gasteiger partial charge in [-0.1, -0.05) is 37.3 Å². The predicted octanol–water partition coefficient (Wildman–Crippen LogP) is 1.85. The van der Waals surface area contributed by atoms with E-state index in [1.807, 2.05) is 11.0 Å². The van der Waals surface area contributed by atoms with Crippen molar-refractivity contribution in [2.45, 2.75) is 26.2 Å². The van der Waals surface area contributed by atoms with Crippen molar-refractivity contribution >= 4 is 23.1 Å². The van der Waals surface area contributed by atoms with E-state index in [0.717, 1.165) is 12.8 Å². The number of benzene rings is 1. The maximum Gasteiger partial charge on any atom is 0.227 e. The zero-order chi connectivity index (χ0) is 14.8. The summed E-state index contributed by atoms with van der Waals surface area (Å²) in [5.74, 6) is 0.210. The van der Waals surface area contributed by atoms with Gasteiger partial charge in [0.1, 0.15) is 5.75 Å². The second kappa shape index (κ2) is 5.79. The molecule has 0 atom stereocenters. The van der Waals surface area contributed by atoms with Gasteiger partial charge in [0.15, 0.2) is 0 Å². The van der Waals surface area contributed by atoms with Crippen LogP contribution in [0.3, 0.4) is 0 Å². The Morgan fingerprint density at radius 1 is 1.40 bits per heavy atom. The summed E-state index contributed by atoms with van der Waals surface area (Å²) in [5, 5.41) is 9.71. The summed E-state index contributed by atoms with van der Waals surface area (Å²) >= 11 is 5.10. The van der Waals surface area contributed by atoms with Crippen LogP contribution in [0.15, 0.2) is 24.3 Å². The first-order valence-corrected chi connectivity index (χ1v) is 7.18. The lowest BCUT2D eigenvalue weighted by atomic mass is 9.80. The van der Waals surface area contributed by atoms with Crippen LogP contribution in [0.1, 0.15) is 25.3 Å². The third-order valence-corrected chi connectivity index (χ3v) is 4.64. The first-order chi connectivity index (χ1) is 9.42. The monoisotopic (exact) mass is 292 g/mol. The molecule has 0 aromatic heterocycles. The van der Waals surface area contributed by atoms with Crippen LogP contribution in [-0.4, -0.2) is 34.0 Å². The summed E-state index contributed by atoms with van der Waals surface area (Å²) in [5.41, 5.74) is 6.29. The number of phenolic OH excluding ortho intramolecular Hbond substituents is 1. The molecule has 5 heteroatoms. The van der Waals surface area contributed by atoms with Gasteiger partial charge in [-0.05, 0) is 18.9 Å². The average molecular weight is 292 g/mol. The molecule has 1 aliphatic rings. The number of aromatic hydroxyl groups is 1. The summed E-state index contributed by atoms with van der Waals surface area (Å²) < 4.78 is 0. The highest BCUT2D eigenvalue weighted by Gasteiger charge is 2.34. The smallest absolute Gasteiger partial charge is 0.227 e. The van der Waals surface area contributed by atoms with E-state index in [9.17, 15) is 9.90 Å². The van der Waals surface area contributed by atoms with Crippen molar-refractivity contribution in [1.29, 1.82) is 0 Å². The fourth-order valence-corrected chi connectivity index (χ4v) is 2.64. The number of nitrogens with zero attached hydrogens (tertiary/aromatic N) is 1. The molecule has 1 aliphatic heterocycles. The molecule has 108 valence electrons. The van der Waals surface area contributed by atoms with Crippen LogP contribution in [-0.2, 0) is 11.2 Å². The summed E-state index contributed by atoms with van der Waals surface area (Å²) in [6, 6.07) is 6.94. The molecular weight excluding hydrogens is 272 g/mol. The number of para-hydroxylation sites is 1. The Morgan fingerprint density at radius 2 is 2.00 bits per heavy atom. The fourth-order valence-electron chi connectivity index (χ4n) is 2.43. The molecule has 1 saturated heterocycles. The predicted molar refractivity (Wildman–Crippen MR) is 82.5 cm³/mol. The molecular formula is C15H20N2O2S. The number of nitrogens with two attached hydrogens (primary N) is 1. The highest BCUT2D eigenvalue weighted by molar-refractivity contribution is 7.80. The van der Waals surface area contributed by atoms with Crippen LogP contribution in [0.25, 0.3) is 0 Å². The van der Waals surface area contributed by atoms with Gasteiger partial charge < -0.3 is 15.7 Å².